The van der Waals surface area contributed by atoms with Crippen LogP contribution in [0.3, 0.4) is 0 Å². The second-order valence-corrected chi connectivity index (χ2v) is 4.01. The van der Waals surface area contributed by atoms with Gasteiger partial charge in [-0.1, -0.05) is 11.6 Å². The van der Waals surface area contributed by atoms with Crippen LogP contribution in [0.2, 0.25) is 5.02 Å². The van der Waals surface area contributed by atoms with Gasteiger partial charge in [0, 0.05) is 11.2 Å². The van der Waals surface area contributed by atoms with E-state index in [0.29, 0.717) is 22.4 Å². The predicted octanol–water partition coefficient (Wildman–Crippen LogP) is 2.70. The molecule has 0 fully saturated rings. The van der Waals surface area contributed by atoms with E-state index in [0.717, 1.165) is 11.1 Å². The molecule has 0 saturated carbocycles. The standard InChI is InChI=1S/C12H12ClN3O/c1-7-5-10(17-2)8(6-9(7)13)12-15-4-3-11(14)16-12/h3-6H,1-2H3,(H2,14,15,16). The van der Waals surface area contributed by atoms with Crippen molar-refractivity contribution in [3.8, 4) is 17.1 Å². The lowest BCUT2D eigenvalue weighted by Gasteiger charge is -2.10. The van der Waals surface area contributed by atoms with E-state index >= 15 is 0 Å². The van der Waals surface area contributed by atoms with E-state index in [1.54, 1.807) is 25.4 Å². The SMILES string of the molecule is COc1cc(C)c(Cl)cc1-c1nccc(N)n1. The van der Waals surface area contributed by atoms with Crippen molar-refractivity contribution in [2.75, 3.05) is 12.8 Å². The first-order valence-electron chi connectivity index (χ1n) is 5.05. The Kier molecular flexibility index (Phi) is 3.15. The number of benzene rings is 1. The maximum Gasteiger partial charge on any atom is 0.165 e. The molecule has 4 nitrogen and oxygen atoms in total. The number of methoxy groups -OCH3 is 1. The molecule has 0 spiro atoms. The van der Waals surface area contributed by atoms with E-state index in [-0.39, 0.29) is 0 Å². The Bertz CT molecular complexity index is 557. The van der Waals surface area contributed by atoms with Crippen molar-refractivity contribution in [1.29, 1.82) is 0 Å². The molecule has 0 radical (unpaired) electrons. The molecule has 0 aliphatic rings. The number of ether oxygens (including phenoxy) is 1. The van der Waals surface area contributed by atoms with Crippen LogP contribution in [0.1, 0.15) is 5.56 Å². The summed E-state index contributed by atoms with van der Waals surface area (Å²) >= 11 is 6.09. The molecule has 0 saturated heterocycles. The molecule has 17 heavy (non-hydrogen) atoms. The number of halogens is 1. The van der Waals surface area contributed by atoms with Crippen LogP contribution in [-0.2, 0) is 0 Å². The summed E-state index contributed by atoms with van der Waals surface area (Å²) in [5.74, 6) is 1.59. The molecule has 0 unspecified atom stereocenters. The summed E-state index contributed by atoms with van der Waals surface area (Å²) in [6.45, 7) is 1.91. The minimum atomic E-state index is 0.411. The molecule has 1 aromatic carbocycles. The van der Waals surface area contributed by atoms with Crippen molar-refractivity contribution in [1.82, 2.24) is 9.97 Å². The van der Waals surface area contributed by atoms with Gasteiger partial charge < -0.3 is 10.5 Å². The summed E-state index contributed by atoms with van der Waals surface area (Å²) in [5, 5.41) is 0.645. The highest BCUT2D eigenvalue weighted by Gasteiger charge is 2.11. The number of aromatic nitrogens is 2. The molecule has 1 heterocycles. The molecule has 1 aromatic heterocycles. The first-order chi connectivity index (χ1) is 8.11. The Balaban J connectivity index is 2.62. The van der Waals surface area contributed by atoms with Gasteiger partial charge in [0.25, 0.3) is 0 Å². The van der Waals surface area contributed by atoms with Crippen LogP contribution in [-0.4, -0.2) is 17.1 Å². The molecule has 88 valence electrons. The van der Waals surface area contributed by atoms with Crippen molar-refractivity contribution < 1.29 is 4.74 Å². The third kappa shape index (κ3) is 2.31. The first kappa shape index (κ1) is 11.7. The summed E-state index contributed by atoms with van der Waals surface area (Å²) in [6.07, 6.45) is 1.60. The number of nitrogens with two attached hydrogens (primary N) is 1. The Morgan fingerprint density at radius 1 is 1.35 bits per heavy atom. The Morgan fingerprint density at radius 2 is 2.12 bits per heavy atom. The predicted molar refractivity (Wildman–Crippen MR) is 68.2 cm³/mol. The highest BCUT2D eigenvalue weighted by molar-refractivity contribution is 6.31. The minimum Gasteiger partial charge on any atom is -0.496 e. The third-order valence-electron chi connectivity index (χ3n) is 2.40. The molecule has 0 bridgehead atoms. The van der Waals surface area contributed by atoms with E-state index < -0.39 is 0 Å². The number of hydrogen-bond acceptors (Lipinski definition) is 4. The molecule has 0 atom stereocenters. The highest BCUT2D eigenvalue weighted by atomic mass is 35.5. The Hall–Kier alpha value is -1.81. The number of nitrogens with zero attached hydrogens (tertiary/aromatic N) is 2. The van der Waals surface area contributed by atoms with Crippen LogP contribution in [0.15, 0.2) is 24.4 Å². The average Bonchev–Trinajstić information content (AvgIpc) is 2.32. The molecular formula is C12H12ClN3O. The van der Waals surface area contributed by atoms with Gasteiger partial charge in [-0.3, -0.25) is 0 Å². The lowest BCUT2D eigenvalue weighted by molar-refractivity contribution is 0.416. The summed E-state index contributed by atoms with van der Waals surface area (Å²) in [5.41, 5.74) is 7.30. The lowest BCUT2D eigenvalue weighted by atomic mass is 10.1. The first-order valence-corrected chi connectivity index (χ1v) is 5.42. The van der Waals surface area contributed by atoms with E-state index in [4.69, 9.17) is 22.1 Å². The number of anilines is 1. The van der Waals surface area contributed by atoms with Gasteiger partial charge in [0.2, 0.25) is 0 Å². The van der Waals surface area contributed by atoms with Gasteiger partial charge in [-0.2, -0.15) is 0 Å². The van der Waals surface area contributed by atoms with Crippen LogP contribution < -0.4 is 10.5 Å². The summed E-state index contributed by atoms with van der Waals surface area (Å²) in [6, 6.07) is 5.26. The minimum absolute atomic E-state index is 0.411. The van der Waals surface area contributed by atoms with Crippen molar-refractivity contribution in [2.45, 2.75) is 6.92 Å². The van der Waals surface area contributed by atoms with Gasteiger partial charge in [-0.05, 0) is 30.7 Å². The van der Waals surface area contributed by atoms with Crippen molar-refractivity contribution in [3.05, 3.63) is 35.0 Å². The second-order valence-electron chi connectivity index (χ2n) is 3.61. The van der Waals surface area contributed by atoms with Gasteiger partial charge in [0.15, 0.2) is 5.82 Å². The van der Waals surface area contributed by atoms with Gasteiger partial charge in [0.1, 0.15) is 11.6 Å². The molecule has 2 N–H and O–H groups in total. The van der Waals surface area contributed by atoms with Gasteiger partial charge in [-0.25, -0.2) is 9.97 Å². The topological polar surface area (TPSA) is 61.0 Å². The molecule has 5 heteroatoms. The smallest absolute Gasteiger partial charge is 0.165 e. The summed E-state index contributed by atoms with van der Waals surface area (Å²) in [7, 11) is 1.60. The molecule has 0 amide bonds. The van der Waals surface area contributed by atoms with Crippen molar-refractivity contribution >= 4 is 17.4 Å². The molecule has 0 aliphatic carbocycles. The zero-order chi connectivity index (χ0) is 12.4. The molecule has 2 rings (SSSR count). The largest absolute Gasteiger partial charge is 0.496 e. The average molecular weight is 250 g/mol. The summed E-state index contributed by atoms with van der Waals surface area (Å²) < 4.78 is 5.30. The number of rotatable bonds is 2. The van der Waals surface area contributed by atoms with Crippen LogP contribution in [0.4, 0.5) is 5.82 Å². The van der Waals surface area contributed by atoms with Crippen LogP contribution in [0.5, 0.6) is 5.75 Å². The highest BCUT2D eigenvalue weighted by Crippen LogP contribution is 2.32. The maximum atomic E-state index is 6.09. The fourth-order valence-electron chi connectivity index (χ4n) is 1.50. The van der Waals surface area contributed by atoms with Gasteiger partial charge in [-0.15, -0.1) is 0 Å². The fraction of sp³-hybridized carbons (Fsp3) is 0.167. The monoisotopic (exact) mass is 249 g/mol. The normalized spacial score (nSPS) is 10.3. The number of aryl methyl sites for hydroxylation is 1. The second kappa shape index (κ2) is 4.59. The van der Waals surface area contributed by atoms with Crippen LogP contribution in [0.25, 0.3) is 11.4 Å². The number of hydrogen-bond donors (Lipinski definition) is 1. The Labute approximate surface area is 104 Å². The van der Waals surface area contributed by atoms with Gasteiger partial charge in [0.05, 0.1) is 12.7 Å². The fourth-order valence-corrected chi connectivity index (χ4v) is 1.66. The summed E-state index contributed by atoms with van der Waals surface area (Å²) in [4.78, 5) is 8.31. The van der Waals surface area contributed by atoms with Crippen LogP contribution >= 0.6 is 11.6 Å². The lowest BCUT2D eigenvalue weighted by Crippen LogP contribution is -1.97. The maximum absolute atomic E-state index is 6.09. The molecule has 2 aromatic rings. The third-order valence-corrected chi connectivity index (χ3v) is 2.81. The zero-order valence-electron chi connectivity index (χ0n) is 9.57. The van der Waals surface area contributed by atoms with Gasteiger partial charge >= 0.3 is 0 Å². The van der Waals surface area contributed by atoms with Crippen LogP contribution in [0, 0.1) is 6.92 Å². The van der Waals surface area contributed by atoms with Crippen molar-refractivity contribution in [3.63, 3.8) is 0 Å². The zero-order valence-corrected chi connectivity index (χ0v) is 10.3. The Morgan fingerprint density at radius 3 is 2.76 bits per heavy atom. The van der Waals surface area contributed by atoms with E-state index in [9.17, 15) is 0 Å². The van der Waals surface area contributed by atoms with E-state index in [2.05, 4.69) is 9.97 Å². The van der Waals surface area contributed by atoms with Crippen molar-refractivity contribution in [2.24, 2.45) is 0 Å². The van der Waals surface area contributed by atoms with E-state index in [1.165, 1.54) is 0 Å². The van der Waals surface area contributed by atoms with E-state index in [1.807, 2.05) is 13.0 Å². The molecule has 0 aliphatic heterocycles. The quantitative estimate of drug-likeness (QED) is 0.889. The number of nitrogen functional groups attached to an aromatic ring is 1. The molecular weight excluding hydrogens is 238 g/mol.